The van der Waals surface area contributed by atoms with Crippen molar-refractivity contribution in [2.24, 2.45) is 5.92 Å². The van der Waals surface area contributed by atoms with Crippen molar-refractivity contribution in [3.8, 4) is 22.9 Å². The smallest absolute Gasteiger partial charge is 0.410 e. The summed E-state index contributed by atoms with van der Waals surface area (Å²) in [4.78, 5) is 77.8. The molecule has 5 N–H and O–H groups in total. The Morgan fingerprint density at radius 1 is 0.933 bits per heavy atom. The van der Waals surface area contributed by atoms with Gasteiger partial charge in [-0.2, -0.15) is 0 Å². The lowest BCUT2D eigenvalue weighted by molar-refractivity contribution is -0.143. The SMILES string of the molecule is C=C[C@@H]1C[C@]1(NC(=O)[C@@H]1C[C@@H](Oc2cc(-c3csc(NC(C)C)n3)nc3cc(OC)ccc23)CN1C(=O)OC(C)C)C(=O)NS(=O)(=O)c1ccccc1NCCCCCCC[C@H](NC(=O)OC1CCCC1)C(=O)OC. The van der Waals surface area contributed by atoms with Crippen LogP contribution in [0, 0.1) is 5.92 Å². The second kappa shape index (κ2) is 25.2. The molecule has 2 aromatic heterocycles. The van der Waals surface area contributed by atoms with Crippen molar-refractivity contribution in [1.29, 1.82) is 0 Å². The summed E-state index contributed by atoms with van der Waals surface area (Å²) in [6, 6.07) is 11.6. The highest BCUT2D eigenvalue weighted by Crippen LogP contribution is 2.45. The van der Waals surface area contributed by atoms with Crippen molar-refractivity contribution in [3.63, 3.8) is 0 Å². The summed E-state index contributed by atoms with van der Waals surface area (Å²) < 4.78 is 58.4. The predicted molar refractivity (Wildman–Crippen MR) is 284 cm³/mol. The van der Waals surface area contributed by atoms with Crippen LogP contribution in [0.15, 0.2) is 71.5 Å². The molecule has 0 bridgehead atoms. The summed E-state index contributed by atoms with van der Waals surface area (Å²) in [6.45, 7) is 11.6. The van der Waals surface area contributed by atoms with Gasteiger partial charge in [0.2, 0.25) is 5.91 Å². The van der Waals surface area contributed by atoms with Gasteiger partial charge in [0.25, 0.3) is 15.9 Å². The molecule has 4 amide bonds. The number of benzene rings is 2. The van der Waals surface area contributed by atoms with E-state index < -0.39 is 75.7 Å². The Labute approximate surface area is 442 Å². The standard InChI is InChI=1S/C53H70N8O12S2/c1-8-34-29-53(34,49(64)60-75(67,68)46-22-16-15-20-39(46)54-25-17-11-9-10-12-21-40(48(63)70-7)58-51(65)73-35-18-13-14-19-35)59-47(62)44-27-37(30-61(44)52(66)71-33(4)5)72-45-28-42(43-31-74-50(57-43)55-32(2)3)56-41-26-36(69-6)23-24-38(41)45/h8,15-16,20,22-24,26,28,31-35,37,40,44,54H,1,9-14,17-19,21,25,27,29-30H2,2-7H3,(H,55,57)(H,58,65)(H,59,62)(H,60,64)/t34-,37-,40+,44+,53-/m1/s1. The first-order valence-electron chi connectivity index (χ1n) is 25.7. The van der Waals surface area contributed by atoms with Crippen molar-refractivity contribution in [3.05, 3.63) is 66.6 Å². The van der Waals surface area contributed by atoms with Gasteiger partial charge in [-0.05, 0) is 96.9 Å². The largest absolute Gasteiger partial charge is 0.497 e. The monoisotopic (exact) mass is 1070 g/mol. The Hall–Kier alpha value is -6.68. The molecule has 22 heteroatoms. The molecule has 406 valence electrons. The van der Waals surface area contributed by atoms with Gasteiger partial charge in [0.15, 0.2) is 5.13 Å². The molecule has 3 fully saturated rings. The third-order valence-electron chi connectivity index (χ3n) is 13.4. The minimum Gasteiger partial charge on any atom is -0.497 e. The third kappa shape index (κ3) is 14.4. The van der Waals surface area contributed by atoms with E-state index in [-0.39, 0.29) is 42.1 Å². The summed E-state index contributed by atoms with van der Waals surface area (Å²) >= 11 is 1.44. The van der Waals surface area contributed by atoms with E-state index in [0.29, 0.717) is 59.6 Å². The minimum atomic E-state index is -4.49. The van der Waals surface area contributed by atoms with Gasteiger partial charge in [-0.15, -0.1) is 17.9 Å². The van der Waals surface area contributed by atoms with Crippen molar-refractivity contribution in [1.82, 2.24) is 30.2 Å². The average molecular weight is 1080 g/mol. The number of aromatic nitrogens is 2. The number of likely N-dealkylation sites (tertiary alicyclic amines) is 1. The van der Waals surface area contributed by atoms with Crippen molar-refractivity contribution in [2.45, 2.75) is 152 Å². The molecule has 0 radical (unpaired) electrons. The Kier molecular flexibility index (Phi) is 18.9. The Morgan fingerprint density at radius 2 is 1.68 bits per heavy atom. The number of carbonyl (C=O) groups excluding carboxylic acids is 5. The number of nitrogens with one attached hydrogen (secondary N) is 5. The molecule has 1 aliphatic heterocycles. The number of hydrogen-bond acceptors (Lipinski definition) is 17. The van der Waals surface area contributed by atoms with Crippen LogP contribution in [0.1, 0.15) is 105 Å². The molecule has 3 heterocycles. The number of esters is 1. The maximum atomic E-state index is 14.5. The highest BCUT2D eigenvalue weighted by Gasteiger charge is 2.61. The predicted octanol–water partition coefficient (Wildman–Crippen LogP) is 8.08. The molecule has 0 unspecified atom stereocenters. The number of rotatable bonds is 25. The second-order valence-electron chi connectivity index (χ2n) is 19.8. The topological polar surface area (TPSA) is 255 Å². The molecule has 3 aliphatic rings. The van der Waals surface area contributed by atoms with E-state index in [0.717, 1.165) is 50.1 Å². The molecule has 5 atom stereocenters. The van der Waals surface area contributed by atoms with E-state index in [1.54, 1.807) is 57.4 Å². The van der Waals surface area contributed by atoms with Crippen molar-refractivity contribution in [2.75, 3.05) is 37.9 Å². The first-order chi connectivity index (χ1) is 35.9. The van der Waals surface area contributed by atoms with E-state index in [1.807, 2.05) is 25.3 Å². The molecule has 75 heavy (non-hydrogen) atoms. The van der Waals surface area contributed by atoms with Crippen LogP contribution >= 0.6 is 11.3 Å². The first kappa shape index (κ1) is 56.1. The van der Waals surface area contributed by atoms with Crippen LogP contribution in [0.4, 0.5) is 20.4 Å². The van der Waals surface area contributed by atoms with Gasteiger partial charge in [0.05, 0.1) is 43.8 Å². The number of hydrogen-bond donors (Lipinski definition) is 5. The van der Waals surface area contributed by atoms with Crippen LogP contribution in [0.25, 0.3) is 22.3 Å². The molecule has 2 aromatic carbocycles. The lowest BCUT2D eigenvalue weighted by Gasteiger charge is -2.26. The molecule has 1 saturated heterocycles. The van der Waals surface area contributed by atoms with Crippen molar-refractivity contribution >= 4 is 73.1 Å². The fourth-order valence-electron chi connectivity index (χ4n) is 9.42. The van der Waals surface area contributed by atoms with Crippen molar-refractivity contribution < 1.29 is 56.1 Å². The average Bonchev–Trinajstić information content (AvgIpc) is 3.81. The highest BCUT2D eigenvalue weighted by molar-refractivity contribution is 7.90. The Morgan fingerprint density at radius 3 is 2.39 bits per heavy atom. The zero-order valence-corrected chi connectivity index (χ0v) is 45.1. The molecule has 20 nitrogen and oxygen atoms in total. The molecule has 0 spiro atoms. The van der Waals surface area contributed by atoms with E-state index in [9.17, 15) is 32.4 Å². The summed E-state index contributed by atoms with van der Waals surface area (Å²) in [5, 5.41) is 15.2. The summed E-state index contributed by atoms with van der Waals surface area (Å²) in [5.41, 5.74) is 0.330. The zero-order chi connectivity index (χ0) is 53.9. The lowest BCUT2D eigenvalue weighted by atomic mass is 10.1. The summed E-state index contributed by atoms with van der Waals surface area (Å²) in [7, 11) is -1.65. The number of anilines is 2. The Bertz CT molecular complexity index is 2800. The maximum absolute atomic E-state index is 14.5. The quantitative estimate of drug-likeness (QED) is 0.0182. The van der Waals surface area contributed by atoms with Crippen LogP contribution in [-0.2, 0) is 38.6 Å². The van der Waals surface area contributed by atoms with Crippen LogP contribution in [0.5, 0.6) is 11.5 Å². The van der Waals surface area contributed by atoms with Gasteiger partial charge in [-0.25, -0.2) is 37.5 Å². The minimum absolute atomic E-state index is 0.00689. The molecular weight excluding hydrogens is 1000 g/mol. The van der Waals surface area contributed by atoms with Gasteiger partial charge in [0, 0.05) is 47.8 Å². The number of unbranched alkanes of at least 4 members (excludes halogenated alkanes) is 4. The lowest BCUT2D eigenvalue weighted by Crippen LogP contribution is -2.56. The fraction of sp³-hybridized carbons (Fsp3) is 0.528. The number of methoxy groups -OCH3 is 2. The number of sulfonamides is 1. The molecule has 2 saturated carbocycles. The number of alkyl carbamates (subject to hydrolysis) is 1. The van der Waals surface area contributed by atoms with Crippen LogP contribution < -0.4 is 35.5 Å². The molecule has 4 aromatic rings. The van der Waals surface area contributed by atoms with E-state index >= 15 is 0 Å². The fourth-order valence-corrected chi connectivity index (χ4v) is 11.5. The van der Waals surface area contributed by atoms with Crippen LogP contribution in [0.2, 0.25) is 0 Å². The first-order valence-corrected chi connectivity index (χ1v) is 28.0. The van der Waals surface area contributed by atoms with Gasteiger partial charge in [0.1, 0.15) is 51.9 Å². The number of para-hydroxylation sites is 1. The normalized spacial score (nSPS) is 19.8. The summed E-state index contributed by atoms with van der Waals surface area (Å²) in [5.74, 6) is -1.77. The highest BCUT2D eigenvalue weighted by atomic mass is 32.2. The Balaban J connectivity index is 0.974. The van der Waals surface area contributed by atoms with Gasteiger partial charge in [-0.3, -0.25) is 14.5 Å². The van der Waals surface area contributed by atoms with Gasteiger partial charge >= 0.3 is 18.2 Å². The zero-order valence-electron chi connectivity index (χ0n) is 43.5. The third-order valence-corrected chi connectivity index (χ3v) is 15.5. The number of carbonyl (C=O) groups is 5. The van der Waals surface area contributed by atoms with Gasteiger partial charge in [-0.1, -0.05) is 43.9 Å². The van der Waals surface area contributed by atoms with E-state index in [2.05, 4.69) is 32.6 Å². The summed E-state index contributed by atoms with van der Waals surface area (Å²) in [6.07, 6.45) is 6.66. The number of thiazole rings is 1. The number of pyridine rings is 1. The number of fused-ring (bicyclic) bond motifs is 1. The van der Waals surface area contributed by atoms with E-state index in [1.165, 1.54) is 35.5 Å². The number of amides is 4. The molecule has 7 rings (SSSR count). The molecular formula is C53H70N8O12S2. The van der Waals surface area contributed by atoms with Gasteiger partial charge < -0.3 is 45.0 Å². The van der Waals surface area contributed by atoms with E-state index in [4.69, 9.17) is 33.7 Å². The second-order valence-corrected chi connectivity index (χ2v) is 22.3. The maximum Gasteiger partial charge on any atom is 0.410 e. The van der Waals surface area contributed by atoms with Crippen LogP contribution in [0.3, 0.4) is 0 Å². The molecule has 2 aliphatic carbocycles. The van der Waals surface area contributed by atoms with Crippen LogP contribution in [-0.4, -0.2) is 123 Å². The number of ether oxygens (including phenoxy) is 5. The number of nitrogens with zero attached hydrogens (tertiary/aromatic N) is 3.